The van der Waals surface area contributed by atoms with Crippen LogP contribution < -0.4 is 5.73 Å². The molecule has 0 aliphatic heterocycles. The van der Waals surface area contributed by atoms with Crippen LogP contribution in [0, 0.1) is 0 Å². The molecule has 0 aliphatic carbocycles. The summed E-state index contributed by atoms with van der Waals surface area (Å²) >= 11 is 0. The Kier molecular flexibility index (Phi) is 6.46. The van der Waals surface area contributed by atoms with Crippen molar-refractivity contribution < 1.29 is 4.79 Å². The fourth-order valence-corrected chi connectivity index (χ4v) is 4.27. The summed E-state index contributed by atoms with van der Waals surface area (Å²) in [6, 6.07) is 30.5. The van der Waals surface area contributed by atoms with E-state index < -0.39 is 5.54 Å². The second-order valence-electron chi connectivity index (χ2n) is 7.50. The predicted molar refractivity (Wildman–Crippen MR) is 133 cm³/mol. The predicted octanol–water partition coefficient (Wildman–Crippen LogP) is 5.49. The lowest BCUT2D eigenvalue weighted by Gasteiger charge is -2.38. The van der Waals surface area contributed by atoms with Crippen LogP contribution in [-0.4, -0.2) is 15.3 Å². The summed E-state index contributed by atoms with van der Waals surface area (Å²) in [6.45, 7) is 3.73. The summed E-state index contributed by atoms with van der Waals surface area (Å²) in [6.07, 6.45) is 9.49. The van der Waals surface area contributed by atoms with E-state index in [2.05, 4.69) is 48.0 Å². The molecule has 0 radical (unpaired) electrons. The molecule has 0 unspecified atom stereocenters. The van der Waals surface area contributed by atoms with E-state index in [0.717, 1.165) is 16.7 Å². The molecule has 0 bridgehead atoms. The van der Waals surface area contributed by atoms with Crippen molar-refractivity contribution in [3.8, 4) is 0 Å². The number of Topliss-reactive ketones (excluding diaryl/α,β-unsaturated/α-hetero) is 1. The van der Waals surface area contributed by atoms with Crippen LogP contribution in [-0.2, 0) is 5.54 Å². The Morgan fingerprint density at radius 2 is 1.33 bits per heavy atom. The van der Waals surface area contributed by atoms with Gasteiger partial charge in [0.1, 0.15) is 11.2 Å². The molecule has 33 heavy (non-hydrogen) atoms. The number of carbonyl (C=O) groups excluding carboxylic acids is 1. The zero-order valence-corrected chi connectivity index (χ0v) is 18.2. The number of ketones is 1. The fourth-order valence-electron chi connectivity index (χ4n) is 4.27. The van der Waals surface area contributed by atoms with Crippen molar-refractivity contribution in [2.75, 3.05) is 0 Å². The second-order valence-corrected chi connectivity index (χ2v) is 7.50. The number of benzene rings is 3. The minimum atomic E-state index is -0.822. The van der Waals surface area contributed by atoms with Gasteiger partial charge in [-0.2, -0.15) is 0 Å². The molecule has 0 aliphatic rings. The SMILES string of the molecule is C=C/C=C(\C=C/N)C(=O)c1cncn1C(c1ccccc1)(c1ccccc1)c1ccccc1. The number of imidazole rings is 1. The van der Waals surface area contributed by atoms with Crippen molar-refractivity contribution in [3.63, 3.8) is 0 Å². The Balaban J connectivity index is 2.09. The third-order valence-electron chi connectivity index (χ3n) is 5.64. The smallest absolute Gasteiger partial charge is 0.211 e. The van der Waals surface area contributed by atoms with Crippen LogP contribution in [0.1, 0.15) is 27.2 Å². The van der Waals surface area contributed by atoms with E-state index in [0.29, 0.717) is 11.3 Å². The number of carbonyl (C=O) groups is 1. The van der Waals surface area contributed by atoms with E-state index in [1.807, 2.05) is 59.2 Å². The lowest BCUT2D eigenvalue weighted by molar-refractivity contribution is 0.102. The first-order chi connectivity index (χ1) is 16.2. The van der Waals surface area contributed by atoms with Crippen molar-refractivity contribution in [1.29, 1.82) is 0 Å². The third-order valence-corrected chi connectivity index (χ3v) is 5.64. The van der Waals surface area contributed by atoms with Crippen molar-refractivity contribution in [3.05, 3.63) is 162 Å². The van der Waals surface area contributed by atoms with Crippen LogP contribution in [0.15, 0.2) is 140 Å². The number of rotatable bonds is 8. The average molecular weight is 432 g/mol. The molecule has 4 aromatic rings. The summed E-state index contributed by atoms with van der Waals surface area (Å²) in [4.78, 5) is 18.1. The number of aromatic nitrogens is 2. The molecule has 0 atom stereocenters. The molecule has 2 N–H and O–H groups in total. The maximum atomic E-state index is 13.7. The Bertz CT molecular complexity index is 1190. The molecule has 162 valence electrons. The van der Waals surface area contributed by atoms with Crippen molar-refractivity contribution >= 4 is 5.78 Å². The molecule has 0 spiro atoms. The topological polar surface area (TPSA) is 60.9 Å². The molecule has 1 heterocycles. The molecule has 0 saturated carbocycles. The summed E-state index contributed by atoms with van der Waals surface area (Å²) < 4.78 is 1.95. The minimum Gasteiger partial charge on any atom is -0.405 e. The van der Waals surface area contributed by atoms with Crippen LogP contribution in [0.2, 0.25) is 0 Å². The molecule has 4 rings (SSSR count). The monoisotopic (exact) mass is 431 g/mol. The molecule has 4 nitrogen and oxygen atoms in total. The number of nitrogens with zero attached hydrogens (tertiary/aromatic N) is 2. The third kappa shape index (κ3) is 3.94. The van der Waals surface area contributed by atoms with Gasteiger partial charge in [0, 0.05) is 5.57 Å². The number of allylic oxidation sites excluding steroid dienone is 4. The Labute approximate surface area is 194 Å². The maximum Gasteiger partial charge on any atom is 0.211 e. The molecule has 3 aromatic carbocycles. The van der Waals surface area contributed by atoms with E-state index in [1.165, 1.54) is 6.20 Å². The zero-order chi connectivity index (χ0) is 23.1. The van der Waals surface area contributed by atoms with E-state index in [4.69, 9.17) is 5.73 Å². The summed E-state index contributed by atoms with van der Waals surface area (Å²) in [5, 5.41) is 0. The van der Waals surface area contributed by atoms with E-state index in [1.54, 1.807) is 30.8 Å². The second kappa shape index (κ2) is 9.79. The highest BCUT2D eigenvalue weighted by Crippen LogP contribution is 2.41. The van der Waals surface area contributed by atoms with Crippen molar-refractivity contribution in [1.82, 2.24) is 9.55 Å². The van der Waals surface area contributed by atoms with Gasteiger partial charge in [-0.15, -0.1) is 0 Å². The fraction of sp³-hybridized carbons (Fsp3) is 0.0345. The summed E-state index contributed by atoms with van der Waals surface area (Å²) in [5.41, 5.74) is 8.70. The first-order valence-corrected chi connectivity index (χ1v) is 10.7. The van der Waals surface area contributed by atoms with Crippen LogP contribution in [0.3, 0.4) is 0 Å². The van der Waals surface area contributed by atoms with E-state index in [9.17, 15) is 4.79 Å². The van der Waals surface area contributed by atoms with Gasteiger partial charge in [0.25, 0.3) is 0 Å². The highest BCUT2D eigenvalue weighted by molar-refractivity contribution is 6.09. The van der Waals surface area contributed by atoms with Crippen molar-refractivity contribution in [2.45, 2.75) is 5.54 Å². The Morgan fingerprint density at radius 3 is 1.76 bits per heavy atom. The lowest BCUT2D eigenvalue weighted by Crippen LogP contribution is -2.39. The Morgan fingerprint density at radius 1 is 0.848 bits per heavy atom. The number of hydrogen-bond donors (Lipinski definition) is 1. The maximum absolute atomic E-state index is 13.7. The molecule has 0 amide bonds. The molecular weight excluding hydrogens is 406 g/mol. The molecule has 0 fully saturated rings. The highest BCUT2D eigenvalue weighted by Gasteiger charge is 2.40. The van der Waals surface area contributed by atoms with Gasteiger partial charge in [-0.3, -0.25) is 4.79 Å². The normalized spacial score (nSPS) is 12.1. The minimum absolute atomic E-state index is 0.193. The van der Waals surface area contributed by atoms with Crippen LogP contribution in [0.5, 0.6) is 0 Å². The molecule has 1 aromatic heterocycles. The molecular formula is C29H25N3O. The zero-order valence-electron chi connectivity index (χ0n) is 18.2. The van der Waals surface area contributed by atoms with Gasteiger partial charge in [0.15, 0.2) is 0 Å². The van der Waals surface area contributed by atoms with Gasteiger partial charge in [-0.1, -0.05) is 110 Å². The Hall–Kier alpha value is -4.44. The summed E-state index contributed by atoms with van der Waals surface area (Å²) in [7, 11) is 0. The van der Waals surface area contributed by atoms with Crippen LogP contribution in [0.4, 0.5) is 0 Å². The largest absolute Gasteiger partial charge is 0.405 e. The van der Waals surface area contributed by atoms with E-state index in [-0.39, 0.29) is 5.78 Å². The van der Waals surface area contributed by atoms with Gasteiger partial charge in [0.2, 0.25) is 5.78 Å². The van der Waals surface area contributed by atoms with Gasteiger partial charge in [-0.25, -0.2) is 4.98 Å². The lowest BCUT2D eigenvalue weighted by atomic mass is 9.76. The number of nitrogens with two attached hydrogens (primary N) is 1. The number of hydrogen-bond acceptors (Lipinski definition) is 3. The average Bonchev–Trinajstić information content (AvgIpc) is 3.36. The van der Waals surface area contributed by atoms with Gasteiger partial charge < -0.3 is 10.3 Å². The van der Waals surface area contributed by atoms with Crippen molar-refractivity contribution in [2.24, 2.45) is 5.73 Å². The van der Waals surface area contributed by atoms with Crippen LogP contribution >= 0.6 is 0 Å². The standard InChI is InChI=1S/C29H25N3O/c1-2-12-23(19-20-30)28(33)27-21-31-22-32(27)29(24-13-6-3-7-14-24,25-15-8-4-9-16-25)26-17-10-5-11-18-26/h2-22H,1,30H2/b20-19-,23-12+. The van der Waals surface area contributed by atoms with Gasteiger partial charge >= 0.3 is 0 Å². The van der Waals surface area contributed by atoms with Gasteiger partial charge in [-0.05, 0) is 29.0 Å². The first-order valence-electron chi connectivity index (χ1n) is 10.7. The quantitative estimate of drug-likeness (QED) is 0.174. The molecule has 0 saturated heterocycles. The van der Waals surface area contributed by atoms with Gasteiger partial charge in [0.05, 0.1) is 12.5 Å². The highest BCUT2D eigenvalue weighted by atomic mass is 16.1. The first kappa shape index (κ1) is 21.8. The van der Waals surface area contributed by atoms with Crippen LogP contribution in [0.25, 0.3) is 0 Å². The van der Waals surface area contributed by atoms with E-state index >= 15 is 0 Å². The molecule has 4 heteroatoms. The summed E-state index contributed by atoms with van der Waals surface area (Å²) in [5.74, 6) is -0.193.